The van der Waals surface area contributed by atoms with Gasteiger partial charge in [0, 0.05) is 55.6 Å². The van der Waals surface area contributed by atoms with E-state index >= 15 is 0 Å². The van der Waals surface area contributed by atoms with Gasteiger partial charge in [0.2, 0.25) is 0 Å². The Bertz CT molecular complexity index is 2440. The van der Waals surface area contributed by atoms with Crippen LogP contribution in [0.15, 0.2) is 27.3 Å². The Labute approximate surface area is 329 Å². The maximum Gasteiger partial charge on any atom is 0.305 e. The van der Waals surface area contributed by atoms with Crippen LogP contribution in [0.2, 0.25) is 0 Å². The van der Waals surface area contributed by atoms with Crippen LogP contribution in [0.3, 0.4) is 0 Å². The summed E-state index contributed by atoms with van der Waals surface area (Å²) in [6.45, 7) is 2.49. The number of carbonyl (C=O) groups excluding carboxylic acids is 2. The molecule has 0 fully saturated rings. The Morgan fingerprint density at radius 2 is 1.28 bits per heavy atom. The molecule has 0 aliphatic heterocycles. The molecule has 57 heavy (non-hydrogen) atoms. The topological polar surface area (TPSA) is 187 Å². The van der Waals surface area contributed by atoms with E-state index in [9.17, 15) is 34.5 Å². The van der Waals surface area contributed by atoms with Crippen molar-refractivity contribution in [1.29, 1.82) is 0 Å². The zero-order chi connectivity index (χ0) is 40.8. The van der Waals surface area contributed by atoms with E-state index in [0.29, 0.717) is 118 Å². The van der Waals surface area contributed by atoms with Crippen molar-refractivity contribution in [2.24, 2.45) is 0 Å². The van der Waals surface area contributed by atoms with Crippen molar-refractivity contribution in [2.75, 3.05) is 59.6 Å². The smallest absolute Gasteiger partial charge is 0.305 e. The van der Waals surface area contributed by atoms with Crippen LogP contribution < -0.4 is 20.9 Å². The number of methoxy groups -OCH3 is 3. The van der Waals surface area contributed by atoms with Gasteiger partial charge in [0.15, 0.2) is 22.4 Å². The van der Waals surface area contributed by atoms with Crippen LogP contribution in [0.5, 0.6) is 11.5 Å². The third kappa shape index (κ3) is 8.07. The van der Waals surface area contributed by atoms with E-state index in [1.54, 1.807) is 7.11 Å². The number of unbranched alkanes of at least 4 members (excludes halogenated alkanes) is 3. The zero-order valence-electron chi connectivity index (χ0n) is 33.1. The van der Waals surface area contributed by atoms with Crippen LogP contribution in [0.4, 0.5) is 5.69 Å². The second-order valence-electron chi connectivity index (χ2n) is 14.6. The first kappa shape index (κ1) is 41.6. The molecule has 0 spiro atoms. The molecule has 0 heterocycles. The Morgan fingerprint density at radius 1 is 0.702 bits per heavy atom. The summed E-state index contributed by atoms with van der Waals surface area (Å²) < 4.78 is 26.2. The molecule has 304 valence electrons. The molecule has 1 aliphatic rings. The highest BCUT2D eigenvalue weighted by Gasteiger charge is 2.32. The summed E-state index contributed by atoms with van der Waals surface area (Å²) in [5, 5.41) is 40.6. The fourth-order valence-electron chi connectivity index (χ4n) is 8.41. The molecule has 0 bridgehead atoms. The number of allylic oxidation sites excluding steroid dienone is 1. The van der Waals surface area contributed by atoms with E-state index in [0.717, 1.165) is 23.1 Å². The second-order valence-corrected chi connectivity index (χ2v) is 14.6. The lowest BCUT2D eigenvalue weighted by atomic mass is 9.80. The molecule has 6 rings (SSSR count). The van der Waals surface area contributed by atoms with Gasteiger partial charge in [-0.2, -0.15) is 0 Å². The highest BCUT2D eigenvalue weighted by Crippen LogP contribution is 2.53. The van der Waals surface area contributed by atoms with Crippen molar-refractivity contribution in [3.8, 4) is 11.5 Å². The number of aliphatic hydroxyl groups excluding tert-OH is 2. The summed E-state index contributed by atoms with van der Waals surface area (Å²) in [6.07, 6.45) is 6.51. The fourth-order valence-corrected chi connectivity index (χ4v) is 8.41. The number of phenolic OH excluding ortho intramolecular Hbond substituents is 1. The first-order chi connectivity index (χ1) is 27.6. The Balaban J connectivity index is 1.57. The van der Waals surface area contributed by atoms with E-state index in [2.05, 4.69) is 11.4 Å². The minimum atomic E-state index is -0.496. The molecule has 0 saturated carbocycles. The Kier molecular flexibility index (Phi) is 13.5. The maximum absolute atomic E-state index is 14.5. The minimum Gasteiger partial charge on any atom is -0.504 e. The lowest BCUT2D eigenvalue weighted by molar-refractivity contribution is -0.145. The van der Waals surface area contributed by atoms with Crippen LogP contribution in [0.1, 0.15) is 79.7 Å². The number of esters is 2. The number of fused-ring (bicyclic) bond motifs is 1. The quantitative estimate of drug-likeness (QED) is 0.0311. The van der Waals surface area contributed by atoms with Gasteiger partial charge in [0.05, 0.1) is 44.3 Å². The molecule has 13 nitrogen and oxygen atoms in total. The van der Waals surface area contributed by atoms with Gasteiger partial charge in [-0.3, -0.25) is 19.2 Å². The third-order valence-corrected chi connectivity index (χ3v) is 10.8. The van der Waals surface area contributed by atoms with Gasteiger partial charge in [-0.15, -0.1) is 0 Å². The molecule has 0 radical (unpaired) electrons. The zero-order valence-corrected chi connectivity index (χ0v) is 33.1. The monoisotopic (exact) mass is 785 g/mol. The average molecular weight is 786 g/mol. The molecule has 0 saturated heterocycles. The van der Waals surface area contributed by atoms with E-state index in [1.165, 1.54) is 26.4 Å². The molecular weight excluding hydrogens is 734 g/mol. The lowest BCUT2D eigenvalue weighted by Crippen LogP contribution is -2.15. The standard InChI is InChI=1S/C44H51NO12/c1-24-18-28-27(10-7-8-12-33(51)57-17-15-54-3)42(45-13-9-5-6-11-32(50)56-16-14-53-2)38-30(48)20-25(22-46)34-35-26(23-47)21-31(49)39-41(35)37(36(28)40(34)38)29(19-24)44(55-4)43(39)52/h18,20-21,45-47,52H,5-17,19,22-23H2,1-4H3. The Hall–Kier alpha value is -5.08. The van der Waals surface area contributed by atoms with Crippen LogP contribution in [0.25, 0.3) is 49.2 Å². The molecule has 0 unspecified atom stereocenters. The summed E-state index contributed by atoms with van der Waals surface area (Å²) in [4.78, 5) is 52.9. The average Bonchev–Trinajstić information content (AvgIpc) is 3.34. The van der Waals surface area contributed by atoms with E-state index in [1.807, 2.05) is 6.92 Å². The number of benzene rings is 5. The Morgan fingerprint density at radius 3 is 1.86 bits per heavy atom. The summed E-state index contributed by atoms with van der Waals surface area (Å²) in [5.41, 5.74) is 3.72. The molecule has 0 aromatic heterocycles. The van der Waals surface area contributed by atoms with Gasteiger partial charge in [-0.1, -0.05) is 18.1 Å². The van der Waals surface area contributed by atoms with Crippen molar-refractivity contribution >= 4 is 66.8 Å². The van der Waals surface area contributed by atoms with Crippen LogP contribution in [0, 0.1) is 0 Å². The summed E-state index contributed by atoms with van der Waals surface area (Å²) in [7, 11) is 4.52. The van der Waals surface area contributed by atoms with Gasteiger partial charge in [-0.25, -0.2) is 0 Å². The first-order valence-electron chi connectivity index (χ1n) is 19.5. The lowest BCUT2D eigenvalue weighted by Gasteiger charge is -2.26. The first-order valence-corrected chi connectivity index (χ1v) is 19.5. The number of aliphatic hydroxyl groups is 2. The number of hydrogen-bond acceptors (Lipinski definition) is 13. The van der Waals surface area contributed by atoms with Gasteiger partial charge in [0.25, 0.3) is 0 Å². The molecule has 5 aromatic carbocycles. The van der Waals surface area contributed by atoms with Crippen molar-refractivity contribution in [1.82, 2.24) is 0 Å². The van der Waals surface area contributed by atoms with Crippen molar-refractivity contribution < 1.29 is 48.6 Å². The van der Waals surface area contributed by atoms with Crippen molar-refractivity contribution in [3.05, 3.63) is 66.0 Å². The largest absolute Gasteiger partial charge is 0.504 e. The van der Waals surface area contributed by atoms with Crippen LogP contribution >= 0.6 is 0 Å². The van der Waals surface area contributed by atoms with Gasteiger partial charge >= 0.3 is 11.9 Å². The molecule has 0 amide bonds. The van der Waals surface area contributed by atoms with Gasteiger partial charge in [-0.05, 0) is 101 Å². The highest BCUT2D eigenvalue weighted by molar-refractivity contribution is 6.38. The normalized spacial score (nSPS) is 12.6. The SMILES string of the molecule is COCCOC(=O)CCCCCNc1c(CCCCC(=O)OCCOC)c2c3c4c(c(OC)c(O)c5c(=O)cc(CO)c(c6c(CO)cc(=O)c1c63)c54)CC(C)=C2. The summed E-state index contributed by atoms with van der Waals surface area (Å²) >= 11 is 0. The molecule has 1 aliphatic carbocycles. The van der Waals surface area contributed by atoms with Crippen LogP contribution in [-0.4, -0.2) is 81.6 Å². The second kappa shape index (κ2) is 18.5. The van der Waals surface area contributed by atoms with Crippen LogP contribution in [-0.2, 0) is 54.6 Å². The van der Waals surface area contributed by atoms with E-state index < -0.39 is 18.6 Å². The summed E-state index contributed by atoms with van der Waals surface area (Å²) in [6, 6.07) is 2.71. The minimum absolute atomic E-state index is 0.0375. The van der Waals surface area contributed by atoms with Crippen molar-refractivity contribution in [2.45, 2.75) is 77.9 Å². The number of nitrogens with one attached hydrogen (secondary N) is 1. The molecular formula is C44H51NO12. The predicted octanol–water partition coefficient (Wildman–Crippen LogP) is 5.62. The number of rotatable bonds is 21. The predicted molar refractivity (Wildman–Crippen MR) is 219 cm³/mol. The fraction of sp³-hybridized carbons (Fsp3) is 0.455. The maximum atomic E-state index is 14.5. The van der Waals surface area contributed by atoms with E-state index in [-0.39, 0.29) is 60.3 Å². The number of hydrogen-bond donors (Lipinski definition) is 4. The molecule has 13 heteroatoms. The molecule has 0 atom stereocenters. The van der Waals surface area contributed by atoms with E-state index in [4.69, 9.17) is 23.7 Å². The number of aromatic hydroxyl groups is 1. The summed E-state index contributed by atoms with van der Waals surface area (Å²) in [5.74, 6) is -0.754. The highest BCUT2D eigenvalue weighted by atomic mass is 16.6. The molecule has 5 aromatic rings. The van der Waals surface area contributed by atoms with Crippen molar-refractivity contribution in [3.63, 3.8) is 0 Å². The third-order valence-electron chi connectivity index (χ3n) is 10.8. The number of carbonyl (C=O) groups is 2. The number of phenols is 1. The number of anilines is 1. The molecule has 4 N–H and O–H groups in total. The van der Waals surface area contributed by atoms with Gasteiger partial charge in [0.1, 0.15) is 13.2 Å². The number of ether oxygens (including phenoxy) is 5. The van der Waals surface area contributed by atoms with Gasteiger partial charge < -0.3 is 44.3 Å².